The molecule has 20 heavy (non-hydrogen) atoms. The van der Waals surface area contributed by atoms with Crippen LogP contribution in [0.3, 0.4) is 0 Å². The van der Waals surface area contributed by atoms with Gasteiger partial charge >= 0.3 is 5.69 Å². The van der Waals surface area contributed by atoms with E-state index >= 15 is 0 Å². The molecule has 0 aliphatic rings. The monoisotopic (exact) mass is 275 g/mol. The second-order valence-electron chi connectivity index (χ2n) is 5.43. The second-order valence-corrected chi connectivity index (χ2v) is 5.43. The van der Waals surface area contributed by atoms with Crippen molar-refractivity contribution in [1.29, 1.82) is 0 Å². The number of aromatic amines is 2. The topological polar surface area (TPSA) is 60.7 Å². The fourth-order valence-corrected chi connectivity index (χ4v) is 2.70. The minimum atomic E-state index is -0.141. The van der Waals surface area contributed by atoms with Crippen molar-refractivity contribution >= 4 is 11.0 Å². The van der Waals surface area contributed by atoms with Crippen molar-refractivity contribution in [3.05, 3.63) is 34.2 Å². The molecule has 0 aliphatic heterocycles. The average Bonchev–Trinajstić information content (AvgIpc) is 2.82. The van der Waals surface area contributed by atoms with Gasteiger partial charge in [0.05, 0.1) is 11.0 Å². The van der Waals surface area contributed by atoms with Crippen LogP contribution in [0.1, 0.15) is 57.1 Å². The number of fused-ring (bicyclic) bond motifs is 1. The largest absolute Gasteiger partial charge is 0.323 e. The Kier molecular flexibility index (Phi) is 5.41. The Bertz CT molecular complexity index is 585. The fraction of sp³-hybridized carbons (Fsp3) is 0.562. The molecule has 0 bridgehead atoms. The third-order valence-electron chi connectivity index (χ3n) is 3.89. The van der Waals surface area contributed by atoms with Gasteiger partial charge in [0.1, 0.15) is 0 Å². The molecular formula is C16H25N3O. The van der Waals surface area contributed by atoms with Gasteiger partial charge in [-0.25, -0.2) is 4.79 Å². The summed E-state index contributed by atoms with van der Waals surface area (Å²) in [5, 5.41) is 3.38. The highest BCUT2D eigenvalue weighted by Crippen LogP contribution is 2.22. The van der Waals surface area contributed by atoms with Crippen LogP contribution >= 0.6 is 0 Å². The number of aromatic nitrogens is 2. The van der Waals surface area contributed by atoms with Crippen LogP contribution in [-0.2, 0) is 0 Å². The molecule has 0 spiro atoms. The van der Waals surface area contributed by atoms with Gasteiger partial charge in [0.25, 0.3) is 0 Å². The molecule has 0 radical (unpaired) electrons. The summed E-state index contributed by atoms with van der Waals surface area (Å²) in [6.07, 6.45) is 7.63. The Hall–Kier alpha value is -1.55. The molecule has 0 fully saturated rings. The number of hydrogen-bond donors (Lipinski definition) is 3. The first kappa shape index (κ1) is 14.9. The lowest BCUT2D eigenvalue weighted by Crippen LogP contribution is -2.16. The molecule has 4 nitrogen and oxygen atoms in total. The van der Waals surface area contributed by atoms with E-state index < -0.39 is 0 Å². The highest BCUT2D eigenvalue weighted by molar-refractivity contribution is 5.75. The van der Waals surface area contributed by atoms with Crippen LogP contribution in [0.25, 0.3) is 11.0 Å². The molecule has 0 amide bonds. The van der Waals surface area contributed by atoms with E-state index in [1.165, 1.54) is 37.7 Å². The molecule has 1 aromatic heterocycles. The first-order chi connectivity index (χ1) is 9.74. The van der Waals surface area contributed by atoms with Gasteiger partial charge in [-0.3, -0.25) is 0 Å². The minimum Gasteiger partial charge on any atom is -0.313 e. The van der Waals surface area contributed by atoms with Gasteiger partial charge in [0, 0.05) is 6.04 Å². The second kappa shape index (κ2) is 7.29. The van der Waals surface area contributed by atoms with Crippen molar-refractivity contribution in [3.63, 3.8) is 0 Å². The zero-order valence-corrected chi connectivity index (χ0v) is 12.5. The highest BCUT2D eigenvalue weighted by atomic mass is 16.1. The lowest BCUT2D eigenvalue weighted by atomic mass is 9.99. The maximum absolute atomic E-state index is 11.3. The van der Waals surface area contributed by atoms with E-state index in [-0.39, 0.29) is 5.69 Å². The zero-order valence-electron chi connectivity index (χ0n) is 12.5. The Morgan fingerprint density at radius 2 is 1.85 bits per heavy atom. The predicted molar refractivity (Wildman–Crippen MR) is 84.1 cm³/mol. The predicted octanol–water partition coefficient (Wildman–Crippen LogP) is 3.48. The van der Waals surface area contributed by atoms with Crippen LogP contribution in [0, 0.1) is 0 Å². The van der Waals surface area contributed by atoms with E-state index in [0.29, 0.717) is 6.04 Å². The van der Waals surface area contributed by atoms with Gasteiger partial charge in [-0.15, -0.1) is 0 Å². The van der Waals surface area contributed by atoms with Crippen molar-refractivity contribution in [3.8, 4) is 0 Å². The van der Waals surface area contributed by atoms with Gasteiger partial charge in [0.2, 0.25) is 0 Å². The van der Waals surface area contributed by atoms with Gasteiger partial charge in [-0.1, -0.05) is 45.1 Å². The molecule has 1 heterocycles. The van der Waals surface area contributed by atoms with Gasteiger partial charge in [0.15, 0.2) is 0 Å². The Morgan fingerprint density at radius 1 is 1.10 bits per heavy atom. The normalized spacial score (nSPS) is 12.9. The number of rotatable bonds is 8. The number of H-pyrrole nitrogens is 2. The van der Waals surface area contributed by atoms with E-state index in [9.17, 15) is 4.79 Å². The quantitative estimate of drug-likeness (QED) is 0.646. The standard InChI is InChI=1S/C16H25N3O/c1-3-4-5-6-7-8-13(17-2)12-9-10-14-15(11-12)19-16(20)18-14/h9-11,13,17H,3-8H2,1-2H3,(H2,18,19,20). The minimum absolute atomic E-state index is 0.141. The molecule has 110 valence electrons. The fourth-order valence-electron chi connectivity index (χ4n) is 2.70. The smallest absolute Gasteiger partial charge is 0.313 e. The molecular weight excluding hydrogens is 250 g/mol. The summed E-state index contributed by atoms with van der Waals surface area (Å²) in [5.74, 6) is 0. The maximum Gasteiger partial charge on any atom is 0.323 e. The van der Waals surface area contributed by atoms with Crippen molar-refractivity contribution in [2.45, 2.75) is 51.5 Å². The van der Waals surface area contributed by atoms with Crippen LogP contribution < -0.4 is 11.0 Å². The van der Waals surface area contributed by atoms with Crippen molar-refractivity contribution in [2.24, 2.45) is 0 Å². The van der Waals surface area contributed by atoms with E-state index in [1.54, 1.807) is 0 Å². The average molecular weight is 275 g/mol. The Labute approximate surface area is 120 Å². The first-order valence-corrected chi connectivity index (χ1v) is 7.63. The molecule has 1 unspecified atom stereocenters. The number of hydrogen-bond acceptors (Lipinski definition) is 2. The molecule has 0 saturated carbocycles. The number of unbranched alkanes of at least 4 members (excludes halogenated alkanes) is 4. The van der Waals surface area contributed by atoms with Gasteiger partial charge < -0.3 is 15.3 Å². The molecule has 0 aliphatic carbocycles. The third-order valence-corrected chi connectivity index (χ3v) is 3.89. The van der Waals surface area contributed by atoms with Gasteiger partial charge in [-0.05, 0) is 31.2 Å². The van der Waals surface area contributed by atoms with Crippen molar-refractivity contribution in [1.82, 2.24) is 15.3 Å². The molecule has 0 saturated heterocycles. The Morgan fingerprint density at radius 3 is 2.60 bits per heavy atom. The SMILES string of the molecule is CCCCCCCC(NC)c1ccc2[nH]c(=O)[nH]c2c1. The summed E-state index contributed by atoms with van der Waals surface area (Å²) in [7, 11) is 2.00. The number of nitrogens with one attached hydrogen (secondary N) is 3. The number of benzene rings is 1. The van der Waals surface area contributed by atoms with E-state index in [4.69, 9.17) is 0 Å². The lowest BCUT2D eigenvalue weighted by Gasteiger charge is -2.16. The van der Waals surface area contributed by atoms with Crippen molar-refractivity contribution in [2.75, 3.05) is 7.05 Å². The zero-order chi connectivity index (χ0) is 14.4. The molecule has 3 N–H and O–H groups in total. The first-order valence-electron chi connectivity index (χ1n) is 7.63. The molecule has 2 aromatic rings. The molecule has 1 atom stereocenters. The van der Waals surface area contributed by atoms with Crippen LogP contribution in [-0.4, -0.2) is 17.0 Å². The highest BCUT2D eigenvalue weighted by Gasteiger charge is 2.10. The summed E-state index contributed by atoms with van der Waals surface area (Å²) in [5.41, 5.74) is 2.86. The summed E-state index contributed by atoms with van der Waals surface area (Å²) >= 11 is 0. The van der Waals surface area contributed by atoms with Crippen LogP contribution in [0.5, 0.6) is 0 Å². The number of imidazole rings is 1. The molecule has 4 heteroatoms. The lowest BCUT2D eigenvalue weighted by molar-refractivity contribution is 0.501. The van der Waals surface area contributed by atoms with E-state index in [0.717, 1.165) is 17.5 Å². The summed E-state index contributed by atoms with van der Waals surface area (Å²) < 4.78 is 0. The van der Waals surface area contributed by atoms with Crippen LogP contribution in [0.2, 0.25) is 0 Å². The Balaban J connectivity index is 1.99. The van der Waals surface area contributed by atoms with E-state index in [1.807, 2.05) is 13.1 Å². The molecule has 2 rings (SSSR count). The molecule has 1 aromatic carbocycles. The van der Waals surface area contributed by atoms with Crippen LogP contribution in [0.15, 0.2) is 23.0 Å². The van der Waals surface area contributed by atoms with Gasteiger partial charge in [-0.2, -0.15) is 0 Å². The summed E-state index contributed by atoms with van der Waals surface area (Å²) in [6, 6.07) is 6.50. The third kappa shape index (κ3) is 3.73. The van der Waals surface area contributed by atoms with E-state index in [2.05, 4.69) is 34.3 Å². The summed E-state index contributed by atoms with van der Waals surface area (Å²) in [4.78, 5) is 16.9. The van der Waals surface area contributed by atoms with Crippen molar-refractivity contribution < 1.29 is 0 Å². The van der Waals surface area contributed by atoms with Crippen LogP contribution in [0.4, 0.5) is 0 Å². The summed E-state index contributed by atoms with van der Waals surface area (Å²) in [6.45, 7) is 2.24. The maximum atomic E-state index is 11.3.